The Kier molecular flexibility index (Phi) is 4.38. The Morgan fingerprint density at radius 1 is 1.32 bits per heavy atom. The first-order chi connectivity index (χ1) is 8.92. The number of amides is 1. The molecule has 0 aromatic carbocycles. The van der Waals surface area contributed by atoms with Crippen molar-refractivity contribution in [3.63, 3.8) is 0 Å². The average molecular weight is 278 g/mol. The minimum absolute atomic E-state index is 0.174. The minimum Gasteiger partial charge on any atom is -0.316 e. The molecule has 0 spiro atoms. The molecular formula is C13H21F3N2O. The van der Waals surface area contributed by atoms with Crippen LogP contribution in [-0.2, 0) is 4.79 Å². The Morgan fingerprint density at radius 2 is 1.95 bits per heavy atom. The Balaban J connectivity index is 2.11. The Morgan fingerprint density at radius 3 is 2.47 bits per heavy atom. The molecule has 1 saturated carbocycles. The summed E-state index contributed by atoms with van der Waals surface area (Å²) in [6.45, 7) is 0.812. The van der Waals surface area contributed by atoms with Gasteiger partial charge < -0.3 is 4.90 Å². The monoisotopic (exact) mass is 278 g/mol. The third-order valence-corrected chi connectivity index (χ3v) is 4.06. The molecule has 0 bridgehead atoms. The molecule has 2 fully saturated rings. The lowest BCUT2D eigenvalue weighted by molar-refractivity contribution is -0.163. The zero-order valence-corrected chi connectivity index (χ0v) is 11.2. The minimum atomic E-state index is -4.32. The number of hydrogen-bond acceptors (Lipinski definition) is 2. The van der Waals surface area contributed by atoms with E-state index in [-0.39, 0.29) is 11.8 Å². The van der Waals surface area contributed by atoms with Crippen LogP contribution < -0.4 is 5.32 Å². The maximum absolute atomic E-state index is 12.6. The number of nitrogens with one attached hydrogen (secondary N) is 1. The second-order valence-electron chi connectivity index (χ2n) is 5.58. The zero-order valence-electron chi connectivity index (χ0n) is 11.2. The van der Waals surface area contributed by atoms with E-state index in [1.54, 1.807) is 0 Å². The van der Waals surface area contributed by atoms with Gasteiger partial charge in [0.15, 0.2) is 0 Å². The fourth-order valence-corrected chi connectivity index (χ4v) is 3.23. The van der Waals surface area contributed by atoms with Gasteiger partial charge in [0, 0.05) is 0 Å². The molecule has 0 aromatic heterocycles. The van der Waals surface area contributed by atoms with Crippen molar-refractivity contribution in [2.75, 3.05) is 6.54 Å². The Hall–Kier alpha value is -0.780. The van der Waals surface area contributed by atoms with Crippen molar-refractivity contribution in [1.29, 1.82) is 0 Å². The molecule has 110 valence electrons. The van der Waals surface area contributed by atoms with Gasteiger partial charge in [-0.3, -0.25) is 10.1 Å². The Bertz CT molecular complexity index is 326. The number of rotatable bonds is 4. The molecule has 1 saturated heterocycles. The standard InChI is InChI=1S/C13H21F3N2O/c1-2-5-10-12(19)18(8-13(14,15)16)11(17-10)9-6-3-4-7-9/h9-11,17H,2-8H2,1H3. The molecule has 0 radical (unpaired) electrons. The molecule has 6 heteroatoms. The van der Waals surface area contributed by atoms with Crippen LogP contribution in [0.25, 0.3) is 0 Å². The first kappa shape index (κ1) is 14.6. The average Bonchev–Trinajstić information content (AvgIpc) is 2.91. The van der Waals surface area contributed by atoms with Crippen molar-refractivity contribution in [2.45, 2.75) is 63.8 Å². The van der Waals surface area contributed by atoms with Crippen molar-refractivity contribution < 1.29 is 18.0 Å². The largest absolute Gasteiger partial charge is 0.406 e. The molecule has 2 aliphatic rings. The van der Waals surface area contributed by atoms with E-state index in [1.165, 1.54) is 0 Å². The van der Waals surface area contributed by atoms with Crippen LogP contribution in [0.2, 0.25) is 0 Å². The fraction of sp³-hybridized carbons (Fsp3) is 0.923. The molecule has 3 nitrogen and oxygen atoms in total. The SMILES string of the molecule is CCCC1NC(C2CCCC2)N(CC(F)(F)F)C1=O. The molecular weight excluding hydrogens is 257 g/mol. The van der Waals surface area contributed by atoms with E-state index in [0.717, 1.165) is 37.0 Å². The van der Waals surface area contributed by atoms with Gasteiger partial charge in [-0.05, 0) is 25.2 Å². The summed E-state index contributed by atoms with van der Waals surface area (Å²) in [5.74, 6) is -0.204. The van der Waals surface area contributed by atoms with Crippen LogP contribution in [0, 0.1) is 5.92 Å². The lowest BCUT2D eigenvalue weighted by Gasteiger charge is -2.29. The van der Waals surface area contributed by atoms with Gasteiger partial charge in [0.25, 0.3) is 0 Å². The number of alkyl halides is 3. The van der Waals surface area contributed by atoms with Crippen molar-refractivity contribution in [3.05, 3.63) is 0 Å². The summed E-state index contributed by atoms with van der Waals surface area (Å²) in [5, 5.41) is 3.13. The third kappa shape index (κ3) is 3.41. The molecule has 1 aliphatic carbocycles. The van der Waals surface area contributed by atoms with Gasteiger partial charge in [-0.1, -0.05) is 26.2 Å². The lowest BCUT2D eigenvalue weighted by Crippen LogP contribution is -2.46. The third-order valence-electron chi connectivity index (χ3n) is 4.06. The maximum Gasteiger partial charge on any atom is 0.406 e. The van der Waals surface area contributed by atoms with Gasteiger partial charge in [0.05, 0.1) is 12.2 Å². The summed E-state index contributed by atoms with van der Waals surface area (Å²) in [6.07, 6.45) is 0.584. The van der Waals surface area contributed by atoms with Gasteiger partial charge in [0.1, 0.15) is 6.54 Å². The molecule has 19 heavy (non-hydrogen) atoms. The van der Waals surface area contributed by atoms with Crippen molar-refractivity contribution >= 4 is 5.91 Å². The number of carbonyl (C=O) groups excluding carboxylic acids is 1. The van der Waals surface area contributed by atoms with Crippen LogP contribution in [0.4, 0.5) is 13.2 Å². The number of carbonyl (C=O) groups is 1. The second kappa shape index (κ2) is 5.69. The number of halogens is 3. The van der Waals surface area contributed by atoms with Crippen LogP contribution >= 0.6 is 0 Å². The van der Waals surface area contributed by atoms with Crippen LogP contribution in [0.3, 0.4) is 0 Å². The quantitative estimate of drug-likeness (QED) is 0.857. The molecule has 2 atom stereocenters. The van der Waals surface area contributed by atoms with Crippen molar-refractivity contribution in [2.24, 2.45) is 5.92 Å². The molecule has 1 heterocycles. The van der Waals surface area contributed by atoms with E-state index in [0.29, 0.717) is 6.42 Å². The van der Waals surface area contributed by atoms with Crippen LogP contribution in [0.5, 0.6) is 0 Å². The normalized spacial score (nSPS) is 29.5. The topological polar surface area (TPSA) is 32.3 Å². The molecule has 1 aliphatic heterocycles. The summed E-state index contributed by atoms with van der Waals surface area (Å²) >= 11 is 0. The highest BCUT2D eigenvalue weighted by atomic mass is 19.4. The highest BCUT2D eigenvalue weighted by Gasteiger charge is 2.46. The van der Waals surface area contributed by atoms with Crippen LogP contribution in [0.1, 0.15) is 45.4 Å². The summed E-state index contributed by atoms with van der Waals surface area (Å²) < 4.78 is 37.9. The van der Waals surface area contributed by atoms with Gasteiger partial charge >= 0.3 is 6.18 Å². The van der Waals surface area contributed by atoms with Crippen LogP contribution in [0.15, 0.2) is 0 Å². The van der Waals surface area contributed by atoms with E-state index in [4.69, 9.17) is 0 Å². The second-order valence-corrected chi connectivity index (χ2v) is 5.58. The summed E-state index contributed by atoms with van der Waals surface area (Å²) in [5.41, 5.74) is 0. The van der Waals surface area contributed by atoms with Gasteiger partial charge in [-0.2, -0.15) is 13.2 Å². The van der Waals surface area contributed by atoms with Crippen molar-refractivity contribution in [3.8, 4) is 0 Å². The van der Waals surface area contributed by atoms with Gasteiger partial charge in [0.2, 0.25) is 5.91 Å². The fourth-order valence-electron chi connectivity index (χ4n) is 3.23. The van der Waals surface area contributed by atoms with E-state index < -0.39 is 24.9 Å². The number of hydrogen-bond donors (Lipinski definition) is 1. The number of nitrogens with zero attached hydrogens (tertiary/aromatic N) is 1. The Labute approximate surface area is 111 Å². The summed E-state index contributed by atoms with van der Waals surface area (Å²) in [4.78, 5) is 13.1. The predicted molar refractivity (Wildman–Crippen MR) is 65.3 cm³/mol. The molecule has 2 unspecified atom stereocenters. The zero-order chi connectivity index (χ0) is 14.0. The van der Waals surface area contributed by atoms with Crippen molar-refractivity contribution in [1.82, 2.24) is 10.2 Å². The lowest BCUT2D eigenvalue weighted by atomic mass is 10.0. The molecule has 0 aromatic rings. The van der Waals surface area contributed by atoms with E-state index >= 15 is 0 Å². The highest BCUT2D eigenvalue weighted by Crippen LogP contribution is 2.34. The maximum atomic E-state index is 12.6. The van der Waals surface area contributed by atoms with Gasteiger partial charge in [-0.25, -0.2) is 0 Å². The molecule has 1 amide bonds. The first-order valence-corrected chi connectivity index (χ1v) is 7.05. The molecule has 2 rings (SSSR count). The summed E-state index contributed by atoms with van der Waals surface area (Å²) in [7, 11) is 0. The summed E-state index contributed by atoms with van der Waals surface area (Å²) in [6, 6.07) is -0.432. The van der Waals surface area contributed by atoms with E-state index in [9.17, 15) is 18.0 Å². The molecule has 1 N–H and O–H groups in total. The van der Waals surface area contributed by atoms with E-state index in [2.05, 4.69) is 5.32 Å². The first-order valence-electron chi connectivity index (χ1n) is 7.05. The smallest absolute Gasteiger partial charge is 0.316 e. The van der Waals surface area contributed by atoms with Gasteiger partial charge in [-0.15, -0.1) is 0 Å². The van der Waals surface area contributed by atoms with E-state index in [1.807, 2.05) is 6.92 Å². The van der Waals surface area contributed by atoms with Crippen LogP contribution in [-0.4, -0.2) is 35.7 Å². The predicted octanol–water partition coefficient (Wildman–Crippen LogP) is 2.67. The highest BCUT2D eigenvalue weighted by molar-refractivity contribution is 5.84.